The third-order valence-electron chi connectivity index (χ3n) is 5.93. The molecule has 0 unspecified atom stereocenters. The molecule has 206 valence electrons. The van der Waals surface area contributed by atoms with Crippen LogP contribution in [0.2, 0.25) is 0 Å². The van der Waals surface area contributed by atoms with Gasteiger partial charge in [0.1, 0.15) is 23.2 Å². The third-order valence-corrected chi connectivity index (χ3v) is 5.93. The third kappa shape index (κ3) is 6.61. The van der Waals surface area contributed by atoms with Gasteiger partial charge in [0.25, 0.3) is 0 Å². The van der Waals surface area contributed by atoms with E-state index in [1.54, 1.807) is 6.07 Å². The van der Waals surface area contributed by atoms with Gasteiger partial charge in [0, 0.05) is 17.5 Å². The number of hydrogen-bond acceptors (Lipinski definition) is 2. The number of aryl methyl sites for hydroxylation is 2. The smallest absolute Gasteiger partial charge is 0.422 e. The summed E-state index contributed by atoms with van der Waals surface area (Å²) in [6, 6.07) is 11.1. The standard InChI is InChI=1S/C29H22F8O2/c1-2-9-38-20-13-22(30)26(23(31)14-20)19-7-8-21-18(12-19)6-5-17(27(21)34)4-3-16-10-24(32)28(25(33)11-16)39-15-29(35,36)37/h5-8,10-14H,2-4,9,15H2,1H3. The van der Waals surface area contributed by atoms with Crippen molar-refractivity contribution in [3.63, 3.8) is 0 Å². The number of alkyl halides is 3. The van der Waals surface area contributed by atoms with Gasteiger partial charge in [-0.05, 0) is 59.5 Å². The number of hydrogen-bond donors (Lipinski definition) is 0. The van der Waals surface area contributed by atoms with E-state index in [2.05, 4.69) is 4.74 Å². The molecule has 0 atom stereocenters. The van der Waals surface area contributed by atoms with E-state index in [9.17, 15) is 30.7 Å². The Morgan fingerprint density at radius 2 is 1.38 bits per heavy atom. The van der Waals surface area contributed by atoms with Crippen molar-refractivity contribution in [1.29, 1.82) is 0 Å². The second kappa shape index (κ2) is 11.5. The van der Waals surface area contributed by atoms with E-state index in [0.717, 1.165) is 24.3 Å². The fourth-order valence-corrected chi connectivity index (χ4v) is 4.14. The molecule has 0 saturated heterocycles. The molecular formula is C29H22F8O2. The van der Waals surface area contributed by atoms with Gasteiger partial charge in [0.15, 0.2) is 24.0 Å². The first-order valence-corrected chi connectivity index (χ1v) is 12.0. The highest BCUT2D eigenvalue weighted by Gasteiger charge is 2.30. The van der Waals surface area contributed by atoms with Crippen LogP contribution >= 0.6 is 0 Å². The highest BCUT2D eigenvalue weighted by molar-refractivity contribution is 5.88. The average Bonchev–Trinajstić information content (AvgIpc) is 2.85. The van der Waals surface area contributed by atoms with Crippen LogP contribution < -0.4 is 9.47 Å². The van der Waals surface area contributed by atoms with Gasteiger partial charge in [-0.15, -0.1) is 0 Å². The van der Waals surface area contributed by atoms with Gasteiger partial charge in [-0.2, -0.15) is 13.2 Å². The quantitative estimate of drug-likeness (QED) is 0.193. The molecule has 0 amide bonds. The molecule has 4 rings (SSSR count). The van der Waals surface area contributed by atoms with Crippen LogP contribution in [0, 0.1) is 29.1 Å². The second-order valence-electron chi connectivity index (χ2n) is 8.88. The molecular weight excluding hydrogens is 532 g/mol. The zero-order valence-corrected chi connectivity index (χ0v) is 20.6. The van der Waals surface area contributed by atoms with Crippen LogP contribution in [0.3, 0.4) is 0 Å². The summed E-state index contributed by atoms with van der Waals surface area (Å²) in [6.07, 6.45) is -4.09. The van der Waals surface area contributed by atoms with Gasteiger partial charge in [-0.1, -0.05) is 31.2 Å². The van der Waals surface area contributed by atoms with Crippen molar-refractivity contribution in [3.05, 3.63) is 94.8 Å². The van der Waals surface area contributed by atoms with Gasteiger partial charge < -0.3 is 9.47 Å². The average molecular weight is 554 g/mol. The first kappa shape index (κ1) is 28.2. The van der Waals surface area contributed by atoms with E-state index >= 15 is 4.39 Å². The van der Waals surface area contributed by atoms with E-state index in [0.29, 0.717) is 18.4 Å². The Morgan fingerprint density at radius 3 is 2.00 bits per heavy atom. The molecule has 0 aliphatic rings. The highest BCUT2D eigenvalue weighted by Crippen LogP contribution is 2.33. The largest absolute Gasteiger partial charge is 0.493 e. The Morgan fingerprint density at radius 1 is 0.718 bits per heavy atom. The molecule has 0 saturated carbocycles. The van der Waals surface area contributed by atoms with E-state index in [4.69, 9.17) is 4.74 Å². The summed E-state index contributed by atoms with van der Waals surface area (Å²) < 4.78 is 119. The molecule has 0 aliphatic heterocycles. The number of ether oxygens (including phenoxy) is 2. The maximum atomic E-state index is 15.2. The summed E-state index contributed by atoms with van der Waals surface area (Å²) in [7, 11) is 0. The van der Waals surface area contributed by atoms with Crippen LogP contribution in [0.4, 0.5) is 35.1 Å². The van der Waals surface area contributed by atoms with Gasteiger partial charge in [-0.25, -0.2) is 22.0 Å². The molecule has 0 bridgehead atoms. The lowest BCUT2D eigenvalue weighted by molar-refractivity contribution is -0.154. The summed E-state index contributed by atoms with van der Waals surface area (Å²) in [4.78, 5) is 0. The maximum Gasteiger partial charge on any atom is 0.422 e. The first-order chi connectivity index (χ1) is 18.5. The van der Waals surface area contributed by atoms with Crippen LogP contribution in [0.1, 0.15) is 24.5 Å². The summed E-state index contributed by atoms with van der Waals surface area (Å²) in [6.45, 7) is 0.321. The molecule has 0 fully saturated rings. The Kier molecular flexibility index (Phi) is 8.32. The van der Waals surface area contributed by atoms with Crippen molar-refractivity contribution in [3.8, 4) is 22.6 Å². The predicted molar refractivity (Wildman–Crippen MR) is 130 cm³/mol. The molecule has 0 aromatic heterocycles. The summed E-state index contributed by atoms with van der Waals surface area (Å²) >= 11 is 0. The lowest BCUT2D eigenvalue weighted by atomic mass is 9.96. The lowest BCUT2D eigenvalue weighted by Crippen LogP contribution is -2.20. The molecule has 0 spiro atoms. The minimum Gasteiger partial charge on any atom is -0.493 e. The molecule has 4 aromatic rings. The summed E-state index contributed by atoms with van der Waals surface area (Å²) in [5.74, 6) is -5.95. The van der Waals surface area contributed by atoms with Gasteiger partial charge in [0.05, 0.1) is 12.2 Å². The zero-order chi connectivity index (χ0) is 28.3. The van der Waals surface area contributed by atoms with E-state index in [-0.39, 0.29) is 46.2 Å². The fourth-order valence-electron chi connectivity index (χ4n) is 4.14. The Labute approximate surface area is 218 Å². The van der Waals surface area contributed by atoms with Crippen LogP contribution in [-0.4, -0.2) is 19.4 Å². The minimum absolute atomic E-state index is 0.0171. The molecule has 2 nitrogen and oxygen atoms in total. The molecule has 39 heavy (non-hydrogen) atoms. The summed E-state index contributed by atoms with van der Waals surface area (Å²) in [5.41, 5.74) is 0.224. The van der Waals surface area contributed by atoms with Gasteiger partial charge in [0.2, 0.25) is 0 Å². The minimum atomic E-state index is -4.76. The highest BCUT2D eigenvalue weighted by atomic mass is 19.4. The molecule has 0 N–H and O–H groups in total. The monoisotopic (exact) mass is 554 g/mol. The normalized spacial score (nSPS) is 11.7. The zero-order valence-electron chi connectivity index (χ0n) is 20.6. The van der Waals surface area contributed by atoms with Crippen LogP contribution in [-0.2, 0) is 12.8 Å². The molecule has 0 aliphatic carbocycles. The van der Waals surface area contributed by atoms with Gasteiger partial charge >= 0.3 is 6.18 Å². The Balaban J connectivity index is 1.54. The molecule has 10 heteroatoms. The van der Waals surface area contributed by atoms with Crippen molar-refractivity contribution in [2.24, 2.45) is 0 Å². The SMILES string of the molecule is CCCOc1cc(F)c(-c2ccc3c(F)c(CCc4cc(F)c(OCC(F)(F)F)c(F)c4)ccc3c2)c(F)c1. The van der Waals surface area contributed by atoms with E-state index in [1.807, 2.05) is 6.92 Å². The number of halogens is 8. The topological polar surface area (TPSA) is 18.5 Å². The molecule has 0 heterocycles. The molecule has 0 radical (unpaired) electrons. The van der Waals surface area contributed by atoms with Crippen LogP contribution in [0.15, 0.2) is 54.6 Å². The number of rotatable bonds is 9. The van der Waals surface area contributed by atoms with Crippen LogP contribution in [0.25, 0.3) is 21.9 Å². The van der Waals surface area contributed by atoms with Crippen LogP contribution in [0.5, 0.6) is 11.5 Å². The van der Waals surface area contributed by atoms with Crippen molar-refractivity contribution in [2.45, 2.75) is 32.4 Å². The van der Waals surface area contributed by atoms with Crippen molar-refractivity contribution in [1.82, 2.24) is 0 Å². The fraction of sp³-hybridized carbons (Fsp3) is 0.241. The Hall–Kier alpha value is -3.82. The molecule has 4 aromatic carbocycles. The van der Waals surface area contributed by atoms with Crippen molar-refractivity contribution in [2.75, 3.05) is 13.2 Å². The maximum absolute atomic E-state index is 15.2. The second-order valence-corrected chi connectivity index (χ2v) is 8.88. The first-order valence-electron chi connectivity index (χ1n) is 12.0. The number of benzene rings is 4. The number of fused-ring (bicyclic) bond motifs is 1. The van der Waals surface area contributed by atoms with Gasteiger partial charge in [-0.3, -0.25) is 0 Å². The predicted octanol–water partition coefficient (Wildman–Crippen LogP) is 8.72. The lowest BCUT2D eigenvalue weighted by Gasteiger charge is -2.13. The summed E-state index contributed by atoms with van der Waals surface area (Å²) in [5, 5.41) is 0.551. The van der Waals surface area contributed by atoms with Crippen molar-refractivity contribution < 1.29 is 44.6 Å². The Bertz CT molecular complexity index is 1450. The van der Waals surface area contributed by atoms with E-state index < -0.39 is 47.6 Å². The van der Waals surface area contributed by atoms with E-state index in [1.165, 1.54) is 24.3 Å². The van der Waals surface area contributed by atoms with Crippen molar-refractivity contribution >= 4 is 10.8 Å².